The number of anilines is 2. The van der Waals surface area contributed by atoms with Crippen molar-refractivity contribution in [3.63, 3.8) is 0 Å². The topological polar surface area (TPSA) is 89.1 Å². The van der Waals surface area contributed by atoms with Gasteiger partial charge < -0.3 is 29.7 Å². The molecule has 2 aromatic rings. The van der Waals surface area contributed by atoms with Gasteiger partial charge in [-0.2, -0.15) is 0 Å². The Morgan fingerprint density at radius 1 is 1.13 bits per heavy atom. The molecule has 1 aliphatic heterocycles. The van der Waals surface area contributed by atoms with E-state index >= 15 is 0 Å². The molecule has 1 heterocycles. The molecule has 0 radical (unpaired) electrons. The summed E-state index contributed by atoms with van der Waals surface area (Å²) in [5.74, 6) is 1.76. The van der Waals surface area contributed by atoms with Crippen molar-refractivity contribution in [3.05, 3.63) is 42.0 Å². The molecule has 3 rings (SSSR count). The number of carbonyl (C=O) groups excluding carboxylic acids is 2. The number of methoxy groups -OCH3 is 2. The predicted octanol–water partition coefficient (Wildman–Crippen LogP) is 3.41. The summed E-state index contributed by atoms with van der Waals surface area (Å²) in [4.78, 5) is 26.5. The van der Waals surface area contributed by atoms with Crippen LogP contribution in [0.1, 0.15) is 19.4 Å². The zero-order valence-corrected chi connectivity index (χ0v) is 17.9. The van der Waals surface area contributed by atoms with Crippen LogP contribution in [0.15, 0.2) is 36.4 Å². The zero-order valence-electron chi connectivity index (χ0n) is 17.9. The van der Waals surface area contributed by atoms with Gasteiger partial charge in [0.05, 0.1) is 25.3 Å². The lowest BCUT2D eigenvalue weighted by Gasteiger charge is -2.24. The second-order valence-electron chi connectivity index (χ2n) is 7.72. The SMILES string of the molecule is COc1ccc(CNC(=O)Nc2ccc3c(c2)OCC(C)(C)C(=O)N3C)cc1OC. The first-order valence-electron chi connectivity index (χ1n) is 9.56. The number of amides is 3. The van der Waals surface area contributed by atoms with E-state index in [2.05, 4.69) is 10.6 Å². The Kier molecular flexibility index (Phi) is 6.05. The number of urea groups is 1. The van der Waals surface area contributed by atoms with Gasteiger partial charge in [-0.25, -0.2) is 4.79 Å². The number of fused-ring (bicyclic) bond motifs is 1. The number of ether oxygens (including phenoxy) is 3. The molecule has 2 aromatic carbocycles. The summed E-state index contributed by atoms with van der Waals surface area (Å²) in [6.07, 6.45) is 0. The van der Waals surface area contributed by atoms with Gasteiger partial charge in [-0.05, 0) is 43.7 Å². The van der Waals surface area contributed by atoms with Crippen LogP contribution in [0, 0.1) is 5.41 Å². The highest BCUT2D eigenvalue weighted by Crippen LogP contribution is 2.37. The van der Waals surface area contributed by atoms with Gasteiger partial charge in [0.15, 0.2) is 11.5 Å². The molecule has 1 aliphatic rings. The molecule has 30 heavy (non-hydrogen) atoms. The first-order chi connectivity index (χ1) is 14.2. The van der Waals surface area contributed by atoms with Crippen LogP contribution in [0.3, 0.4) is 0 Å². The van der Waals surface area contributed by atoms with Crippen molar-refractivity contribution in [2.45, 2.75) is 20.4 Å². The lowest BCUT2D eigenvalue weighted by molar-refractivity contribution is -0.127. The number of hydrogen-bond acceptors (Lipinski definition) is 5. The molecule has 0 unspecified atom stereocenters. The second kappa shape index (κ2) is 8.52. The fourth-order valence-corrected chi connectivity index (χ4v) is 3.22. The first-order valence-corrected chi connectivity index (χ1v) is 9.56. The van der Waals surface area contributed by atoms with Crippen LogP contribution >= 0.6 is 0 Å². The molecular formula is C22H27N3O5. The number of rotatable bonds is 5. The molecule has 0 aromatic heterocycles. The molecule has 160 valence electrons. The summed E-state index contributed by atoms with van der Waals surface area (Å²) in [6, 6.07) is 10.3. The monoisotopic (exact) mass is 413 g/mol. The van der Waals surface area contributed by atoms with Gasteiger partial charge in [0.25, 0.3) is 0 Å². The molecule has 0 atom stereocenters. The van der Waals surface area contributed by atoms with E-state index in [0.29, 0.717) is 35.2 Å². The minimum atomic E-state index is -0.627. The Balaban J connectivity index is 1.66. The van der Waals surface area contributed by atoms with Gasteiger partial charge in [0, 0.05) is 25.3 Å². The summed E-state index contributed by atoms with van der Waals surface area (Å²) in [6.45, 7) is 4.27. The maximum Gasteiger partial charge on any atom is 0.319 e. The summed E-state index contributed by atoms with van der Waals surface area (Å²) in [7, 11) is 4.86. The van der Waals surface area contributed by atoms with E-state index in [9.17, 15) is 9.59 Å². The van der Waals surface area contributed by atoms with Crippen molar-refractivity contribution in [2.75, 3.05) is 38.1 Å². The fourth-order valence-electron chi connectivity index (χ4n) is 3.22. The number of nitrogens with one attached hydrogen (secondary N) is 2. The Morgan fingerprint density at radius 3 is 2.57 bits per heavy atom. The van der Waals surface area contributed by atoms with Gasteiger partial charge in [-0.15, -0.1) is 0 Å². The van der Waals surface area contributed by atoms with Crippen molar-refractivity contribution >= 4 is 23.3 Å². The largest absolute Gasteiger partial charge is 0.493 e. The van der Waals surface area contributed by atoms with Crippen LogP contribution in [-0.4, -0.2) is 39.8 Å². The normalized spacial score (nSPS) is 14.8. The zero-order chi connectivity index (χ0) is 21.9. The van der Waals surface area contributed by atoms with Crippen LogP contribution in [0.2, 0.25) is 0 Å². The van der Waals surface area contributed by atoms with E-state index in [4.69, 9.17) is 14.2 Å². The van der Waals surface area contributed by atoms with E-state index in [1.807, 2.05) is 26.0 Å². The third-order valence-corrected chi connectivity index (χ3v) is 4.95. The third kappa shape index (κ3) is 4.42. The molecule has 0 saturated carbocycles. The quantitative estimate of drug-likeness (QED) is 0.784. The molecule has 3 amide bonds. The van der Waals surface area contributed by atoms with E-state index < -0.39 is 5.41 Å². The van der Waals surface area contributed by atoms with Gasteiger partial charge >= 0.3 is 6.03 Å². The lowest BCUT2D eigenvalue weighted by atomic mass is 9.93. The minimum Gasteiger partial charge on any atom is -0.493 e. The minimum absolute atomic E-state index is 0.0189. The maximum absolute atomic E-state index is 12.5. The first kappa shape index (κ1) is 21.3. The molecule has 2 N–H and O–H groups in total. The van der Waals surface area contributed by atoms with Crippen LogP contribution in [0.5, 0.6) is 17.2 Å². The van der Waals surface area contributed by atoms with E-state index in [-0.39, 0.29) is 18.5 Å². The highest BCUT2D eigenvalue weighted by atomic mass is 16.5. The van der Waals surface area contributed by atoms with Crippen molar-refractivity contribution in [1.82, 2.24) is 5.32 Å². The van der Waals surface area contributed by atoms with Crippen LogP contribution < -0.4 is 29.7 Å². The van der Waals surface area contributed by atoms with Crippen molar-refractivity contribution < 1.29 is 23.8 Å². The Bertz CT molecular complexity index is 958. The Hall–Kier alpha value is -3.42. The van der Waals surface area contributed by atoms with Crippen molar-refractivity contribution in [2.24, 2.45) is 5.41 Å². The molecule has 0 fully saturated rings. The Morgan fingerprint density at radius 2 is 1.87 bits per heavy atom. The number of hydrogen-bond donors (Lipinski definition) is 2. The standard InChI is InChI=1S/C22H27N3O5/c1-22(2)13-30-18-11-15(7-8-16(18)25(3)20(22)26)24-21(27)23-12-14-6-9-17(28-4)19(10-14)29-5/h6-11H,12-13H2,1-5H3,(H2,23,24,27). The third-order valence-electron chi connectivity index (χ3n) is 4.95. The smallest absolute Gasteiger partial charge is 0.319 e. The van der Waals surface area contributed by atoms with Gasteiger partial charge in [0.2, 0.25) is 5.91 Å². The van der Waals surface area contributed by atoms with Crippen molar-refractivity contribution in [3.8, 4) is 17.2 Å². The van der Waals surface area contributed by atoms with E-state index in [1.165, 1.54) is 0 Å². The Labute approximate surface area is 176 Å². The van der Waals surface area contributed by atoms with Gasteiger partial charge in [0.1, 0.15) is 12.4 Å². The van der Waals surface area contributed by atoms with Crippen molar-refractivity contribution in [1.29, 1.82) is 0 Å². The summed E-state index contributed by atoms with van der Waals surface area (Å²) >= 11 is 0. The average molecular weight is 413 g/mol. The summed E-state index contributed by atoms with van der Waals surface area (Å²) < 4.78 is 16.3. The highest BCUT2D eigenvalue weighted by Gasteiger charge is 2.36. The van der Waals surface area contributed by atoms with Gasteiger partial charge in [-0.3, -0.25) is 4.79 Å². The molecule has 0 spiro atoms. The van der Waals surface area contributed by atoms with Crippen LogP contribution in [0.4, 0.5) is 16.2 Å². The van der Waals surface area contributed by atoms with Crippen LogP contribution in [0.25, 0.3) is 0 Å². The molecule has 8 nitrogen and oxygen atoms in total. The molecule has 0 bridgehead atoms. The van der Waals surface area contributed by atoms with E-state index in [1.54, 1.807) is 50.4 Å². The fraction of sp³-hybridized carbons (Fsp3) is 0.364. The highest BCUT2D eigenvalue weighted by molar-refractivity contribution is 5.99. The van der Waals surface area contributed by atoms with Gasteiger partial charge in [-0.1, -0.05) is 6.07 Å². The summed E-state index contributed by atoms with van der Waals surface area (Å²) in [5, 5.41) is 5.60. The lowest BCUT2D eigenvalue weighted by Crippen LogP contribution is -2.39. The number of carbonyl (C=O) groups is 2. The molecule has 0 saturated heterocycles. The molecular weight excluding hydrogens is 386 g/mol. The second-order valence-corrected chi connectivity index (χ2v) is 7.72. The molecule has 8 heteroatoms. The summed E-state index contributed by atoms with van der Waals surface area (Å²) in [5.41, 5.74) is 1.48. The van der Waals surface area contributed by atoms with E-state index in [0.717, 1.165) is 5.56 Å². The van der Waals surface area contributed by atoms with Crippen LogP contribution in [-0.2, 0) is 11.3 Å². The predicted molar refractivity (Wildman–Crippen MR) is 115 cm³/mol. The maximum atomic E-state index is 12.5. The molecule has 0 aliphatic carbocycles. The average Bonchev–Trinajstić information content (AvgIpc) is 2.82. The number of nitrogens with zero attached hydrogens (tertiary/aromatic N) is 1. The number of benzene rings is 2.